The third-order valence-corrected chi connectivity index (χ3v) is 2.97. The number of aromatic nitrogens is 3. The molecular weight excluding hydrogens is 285 g/mol. The molecule has 1 aromatic heterocycles. The molecule has 2 rings (SSSR count). The molecule has 5 nitrogen and oxygen atoms in total. The molecule has 2 atom stereocenters. The number of alkyl halides is 5. The van der Waals surface area contributed by atoms with Gasteiger partial charge in [-0.1, -0.05) is 0 Å². The van der Waals surface area contributed by atoms with Crippen molar-refractivity contribution in [3.8, 4) is 0 Å². The first-order valence-electron chi connectivity index (χ1n) is 5.99. The van der Waals surface area contributed by atoms with Gasteiger partial charge in [-0.25, -0.2) is 0 Å². The summed E-state index contributed by atoms with van der Waals surface area (Å²) in [6.45, 7) is 4.61. The summed E-state index contributed by atoms with van der Waals surface area (Å²) in [5.74, 6) is -6.67. The van der Waals surface area contributed by atoms with Crippen molar-refractivity contribution in [2.45, 2.75) is 38.0 Å². The summed E-state index contributed by atoms with van der Waals surface area (Å²) >= 11 is 0. The third-order valence-electron chi connectivity index (χ3n) is 2.97. The van der Waals surface area contributed by atoms with Crippen LogP contribution in [0.25, 0.3) is 0 Å². The molecule has 0 aromatic carbocycles. The molecule has 1 saturated heterocycles. The van der Waals surface area contributed by atoms with Gasteiger partial charge < -0.3 is 10.2 Å². The van der Waals surface area contributed by atoms with Gasteiger partial charge in [0.15, 0.2) is 0 Å². The van der Waals surface area contributed by atoms with Crippen LogP contribution in [0.4, 0.5) is 27.9 Å². The summed E-state index contributed by atoms with van der Waals surface area (Å²) in [6.07, 6.45) is -5.70. The Morgan fingerprint density at radius 1 is 1.10 bits per heavy atom. The van der Waals surface area contributed by atoms with E-state index in [-0.39, 0.29) is 18.0 Å². The summed E-state index contributed by atoms with van der Waals surface area (Å²) in [5.41, 5.74) is 0. The van der Waals surface area contributed by atoms with E-state index in [4.69, 9.17) is 0 Å². The van der Waals surface area contributed by atoms with Crippen LogP contribution in [0, 0.1) is 0 Å². The van der Waals surface area contributed by atoms with E-state index < -0.39 is 17.9 Å². The lowest BCUT2D eigenvalue weighted by Crippen LogP contribution is -2.54. The lowest BCUT2D eigenvalue weighted by Gasteiger charge is -2.35. The number of rotatable bonds is 2. The van der Waals surface area contributed by atoms with Crippen LogP contribution >= 0.6 is 0 Å². The molecule has 0 bridgehead atoms. The molecule has 1 aliphatic rings. The van der Waals surface area contributed by atoms with Gasteiger partial charge in [-0.2, -0.15) is 26.9 Å². The first kappa shape index (κ1) is 14.9. The second kappa shape index (κ2) is 4.83. The summed E-state index contributed by atoms with van der Waals surface area (Å²) in [6, 6.07) is 0.118. The van der Waals surface area contributed by atoms with Gasteiger partial charge in [0.05, 0.1) is 0 Å². The zero-order valence-corrected chi connectivity index (χ0v) is 10.8. The standard InChI is InChI=1S/C10H14F5N5/c1-5-3-20(4-6(2)16-5)8-17-7(18-19-8)9(11,12)10(13,14)15/h5-6,16H,3-4H2,1-2H3,(H,17,18,19). The average molecular weight is 299 g/mol. The highest BCUT2D eigenvalue weighted by Gasteiger charge is 2.61. The number of H-pyrrole nitrogens is 1. The van der Waals surface area contributed by atoms with Crippen LogP contribution in [0.15, 0.2) is 0 Å². The molecule has 10 heteroatoms. The molecule has 20 heavy (non-hydrogen) atoms. The number of hydrogen-bond acceptors (Lipinski definition) is 4. The Bertz CT molecular complexity index is 461. The fourth-order valence-electron chi connectivity index (χ4n) is 2.16. The number of nitrogens with one attached hydrogen (secondary N) is 2. The van der Waals surface area contributed by atoms with Crippen LogP contribution in [0.1, 0.15) is 19.7 Å². The van der Waals surface area contributed by atoms with E-state index in [2.05, 4.69) is 15.4 Å². The van der Waals surface area contributed by atoms with Crippen LogP contribution < -0.4 is 10.2 Å². The average Bonchev–Trinajstić information content (AvgIpc) is 2.75. The molecule has 1 aliphatic heterocycles. The molecule has 0 radical (unpaired) electrons. The maximum Gasteiger partial charge on any atom is 0.461 e. The van der Waals surface area contributed by atoms with Crippen molar-refractivity contribution in [3.05, 3.63) is 5.82 Å². The molecule has 2 N–H and O–H groups in total. The van der Waals surface area contributed by atoms with E-state index in [0.717, 1.165) is 0 Å². The Hall–Kier alpha value is -1.45. The minimum absolute atomic E-state index is 0.0591. The highest BCUT2D eigenvalue weighted by atomic mass is 19.4. The molecular formula is C10H14F5N5. The largest absolute Gasteiger partial charge is 0.461 e. The van der Waals surface area contributed by atoms with Crippen molar-refractivity contribution >= 4 is 5.95 Å². The second-order valence-corrected chi connectivity index (χ2v) is 4.93. The number of nitrogens with zero attached hydrogens (tertiary/aromatic N) is 3. The SMILES string of the molecule is CC1CN(c2n[nH]c(C(F)(F)C(F)(F)F)n2)CC(C)N1. The van der Waals surface area contributed by atoms with Gasteiger partial charge in [0.2, 0.25) is 11.8 Å². The highest BCUT2D eigenvalue weighted by molar-refractivity contribution is 5.31. The zero-order valence-electron chi connectivity index (χ0n) is 10.8. The Morgan fingerprint density at radius 3 is 2.15 bits per heavy atom. The fraction of sp³-hybridized carbons (Fsp3) is 0.800. The van der Waals surface area contributed by atoms with Crippen molar-refractivity contribution in [2.24, 2.45) is 0 Å². The molecule has 0 amide bonds. The summed E-state index contributed by atoms with van der Waals surface area (Å²) < 4.78 is 62.9. The van der Waals surface area contributed by atoms with E-state index in [1.165, 1.54) is 0 Å². The van der Waals surface area contributed by atoms with E-state index in [9.17, 15) is 22.0 Å². The minimum Gasteiger partial charge on any atom is -0.336 e. The predicted molar refractivity (Wildman–Crippen MR) is 60.6 cm³/mol. The number of hydrogen-bond donors (Lipinski definition) is 2. The van der Waals surface area contributed by atoms with Crippen molar-refractivity contribution < 1.29 is 22.0 Å². The fourth-order valence-corrected chi connectivity index (χ4v) is 2.16. The molecule has 114 valence electrons. The van der Waals surface area contributed by atoms with Gasteiger partial charge >= 0.3 is 12.1 Å². The number of halogens is 5. The number of anilines is 1. The molecule has 2 unspecified atom stereocenters. The first-order valence-corrected chi connectivity index (χ1v) is 5.99. The Labute approximate surface area is 111 Å². The maximum atomic E-state index is 13.1. The van der Waals surface area contributed by atoms with E-state index in [0.29, 0.717) is 13.1 Å². The summed E-state index contributed by atoms with van der Waals surface area (Å²) in [4.78, 5) is 4.87. The molecule has 0 spiro atoms. The Morgan fingerprint density at radius 2 is 1.65 bits per heavy atom. The molecule has 2 heterocycles. The van der Waals surface area contributed by atoms with E-state index >= 15 is 0 Å². The van der Waals surface area contributed by atoms with Crippen molar-refractivity contribution in [2.75, 3.05) is 18.0 Å². The van der Waals surface area contributed by atoms with Crippen molar-refractivity contribution in [1.82, 2.24) is 20.5 Å². The first-order chi connectivity index (χ1) is 9.11. The van der Waals surface area contributed by atoms with Gasteiger partial charge in [0, 0.05) is 25.2 Å². The van der Waals surface area contributed by atoms with Crippen LogP contribution in [-0.2, 0) is 5.92 Å². The van der Waals surface area contributed by atoms with Gasteiger partial charge in [0.25, 0.3) is 0 Å². The molecule has 0 aliphatic carbocycles. The summed E-state index contributed by atoms with van der Waals surface area (Å²) in [7, 11) is 0. The van der Waals surface area contributed by atoms with Crippen molar-refractivity contribution in [3.63, 3.8) is 0 Å². The monoisotopic (exact) mass is 299 g/mol. The quantitative estimate of drug-likeness (QED) is 0.815. The second-order valence-electron chi connectivity index (χ2n) is 4.93. The lowest BCUT2D eigenvalue weighted by atomic mass is 10.1. The van der Waals surface area contributed by atoms with Gasteiger partial charge in [-0.05, 0) is 13.8 Å². The van der Waals surface area contributed by atoms with Gasteiger partial charge in [0.1, 0.15) is 0 Å². The van der Waals surface area contributed by atoms with Crippen LogP contribution in [0.2, 0.25) is 0 Å². The predicted octanol–water partition coefficient (Wildman–Crippen LogP) is 1.65. The Kier molecular flexibility index (Phi) is 3.61. The van der Waals surface area contributed by atoms with Crippen LogP contribution in [0.5, 0.6) is 0 Å². The number of aromatic amines is 1. The third kappa shape index (κ3) is 2.69. The van der Waals surface area contributed by atoms with Crippen molar-refractivity contribution in [1.29, 1.82) is 0 Å². The highest BCUT2D eigenvalue weighted by Crippen LogP contribution is 2.42. The van der Waals surface area contributed by atoms with Gasteiger partial charge in [-0.15, -0.1) is 5.10 Å². The Balaban J connectivity index is 2.21. The lowest BCUT2D eigenvalue weighted by molar-refractivity contribution is -0.292. The topological polar surface area (TPSA) is 56.8 Å². The normalized spacial score (nSPS) is 25.1. The van der Waals surface area contributed by atoms with Crippen LogP contribution in [-0.4, -0.2) is 46.5 Å². The summed E-state index contributed by atoms with van der Waals surface area (Å²) in [5, 5.41) is 8.36. The number of piperazine rings is 1. The molecule has 0 saturated carbocycles. The van der Waals surface area contributed by atoms with E-state index in [1.54, 1.807) is 10.00 Å². The zero-order chi connectivity index (χ0) is 15.1. The molecule has 1 fully saturated rings. The smallest absolute Gasteiger partial charge is 0.336 e. The van der Waals surface area contributed by atoms with Gasteiger partial charge in [-0.3, -0.25) is 5.10 Å². The molecule has 1 aromatic rings. The van der Waals surface area contributed by atoms with Crippen LogP contribution in [0.3, 0.4) is 0 Å². The minimum atomic E-state index is -5.70. The maximum absolute atomic E-state index is 13.1. The van der Waals surface area contributed by atoms with E-state index in [1.807, 2.05) is 13.8 Å².